The molecule has 1 saturated carbocycles. The van der Waals surface area contributed by atoms with Crippen molar-refractivity contribution < 1.29 is 9.50 Å². The van der Waals surface area contributed by atoms with Gasteiger partial charge in [0.05, 0.1) is 17.9 Å². The Balaban J connectivity index is 2.08. The highest BCUT2D eigenvalue weighted by molar-refractivity contribution is 5.57. The van der Waals surface area contributed by atoms with E-state index >= 15 is 0 Å². The molecule has 2 rings (SSSR count). The predicted octanol–water partition coefficient (Wildman–Crippen LogP) is 2.66. The molecular weight excluding hydrogens is 231 g/mol. The van der Waals surface area contributed by atoms with Crippen LogP contribution >= 0.6 is 0 Å². The van der Waals surface area contributed by atoms with Crippen LogP contribution in [-0.4, -0.2) is 18.3 Å². The summed E-state index contributed by atoms with van der Waals surface area (Å²) < 4.78 is 13.0. The molecular formula is C14H17FN2O. The first-order valence-corrected chi connectivity index (χ1v) is 6.23. The molecule has 3 nitrogen and oxygen atoms in total. The van der Waals surface area contributed by atoms with Crippen LogP contribution in [0.5, 0.6) is 0 Å². The number of nitrogens with zero attached hydrogens (tertiary/aromatic N) is 1. The number of hydrogen-bond donors (Lipinski definition) is 2. The van der Waals surface area contributed by atoms with Crippen LogP contribution in [0.25, 0.3) is 0 Å². The molecule has 0 heterocycles. The molecule has 1 aliphatic rings. The quantitative estimate of drug-likeness (QED) is 0.861. The lowest BCUT2D eigenvalue weighted by molar-refractivity contribution is 0.142. The van der Waals surface area contributed by atoms with Crippen LogP contribution in [-0.2, 0) is 0 Å². The van der Waals surface area contributed by atoms with Crippen LogP contribution < -0.4 is 5.32 Å². The van der Waals surface area contributed by atoms with Gasteiger partial charge in [-0.2, -0.15) is 5.26 Å². The largest absolute Gasteiger partial charge is 0.396 e. The Hall–Kier alpha value is -1.60. The summed E-state index contributed by atoms with van der Waals surface area (Å²) >= 11 is 0. The first-order valence-electron chi connectivity index (χ1n) is 6.23. The molecule has 4 heteroatoms. The number of halogens is 1. The van der Waals surface area contributed by atoms with E-state index in [9.17, 15) is 9.50 Å². The fourth-order valence-corrected chi connectivity index (χ4v) is 2.56. The second-order valence-corrected chi connectivity index (χ2v) is 5.02. The molecule has 0 atom stereocenters. The van der Waals surface area contributed by atoms with Gasteiger partial charge in [-0.25, -0.2) is 4.39 Å². The van der Waals surface area contributed by atoms with E-state index in [0.29, 0.717) is 17.8 Å². The molecule has 1 fully saturated rings. The van der Waals surface area contributed by atoms with Gasteiger partial charge in [-0.05, 0) is 31.0 Å². The Morgan fingerprint density at radius 3 is 2.72 bits per heavy atom. The summed E-state index contributed by atoms with van der Waals surface area (Å²) in [4.78, 5) is 0. The third kappa shape index (κ3) is 2.62. The maximum atomic E-state index is 13.0. The van der Waals surface area contributed by atoms with Crippen molar-refractivity contribution in [1.82, 2.24) is 0 Å². The zero-order valence-corrected chi connectivity index (χ0v) is 10.2. The predicted molar refractivity (Wildman–Crippen MR) is 67.6 cm³/mol. The second-order valence-electron chi connectivity index (χ2n) is 5.02. The number of benzene rings is 1. The Kier molecular flexibility index (Phi) is 3.83. The number of rotatable bonds is 4. The summed E-state index contributed by atoms with van der Waals surface area (Å²) in [5, 5.41) is 21.6. The van der Waals surface area contributed by atoms with Gasteiger partial charge in [-0.1, -0.05) is 12.8 Å². The lowest BCUT2D eigenvalue weighted by Crippen LogP contribution is -2.30. The number of aliphatic hydroxyl groups excluding tert-OH is 1. The second kappa shape index (κ2) is 5.36. The van der Waals surface area contributed by atoms with Crippen molar-refractivity contribution in [2.24, 2.45) is 5.41 Å². The number of nitrogens with one attached hydrogen (secondary N) is 1. The first-order chi connectivity index (χ1) is 8.69. The van der Waals surface area contributed by atoms with Gasteiger partial charge < -0.3 is 10.4 Å². The smallest absolute Gasteiger partial charge is 0.124 e. The average molecular weight is 248 g/mol. The number of aliphatic hydroxyl groups is 1. The molecule has 0 unspecified atom stereocenters. The van der Waals surface area contributed by atoms with Gasteiger partial charge in [0.15, 0.2) is 0 Å². The fraction of sp³-hybridized carbons (Fsp3) is 0.500. The highest BCUT2D eigenvalue weighted by atomic mass is 19.1. The van der Waals surface area contributed by atoms with Crippen molar-refractivity contribution in [1.29, 1.82) is 5.26 Å². The van der Waals surface area contributed by atoms with E-state index in [4.69, 9.17) is 5.26 Å². The Labute approximate surface area is 106 Å². The lowest BCUT2D eigenvalue weighted by atomic mass is 9.87. The van der Waals surface area contributed by atoms with Gasteiger partial charge in [0.1, 0.15) is 11.9 Å². The van der Waals surface area contributed by atoms with Gasteiger partial charge in [-0.3, -0.25) is 0 Å². The van der Waals surface area contributed by atoms with Crippen molar-refractivity contribution in [2.75, 3.05) is 18.5 Å². The summed E-state index contributed by atoms with van der Waals surface area (Å²) in [5.74, 6) is -0.408. The van der Waals surface area contributed by atoms with Gasteiger partial charge in [0, 0.05) is 12.0 Å². The van der Waals surface area contributed by atoms with Crippen LogP contribution in [0.1, 0.15) is 31.2 Å². The minimum atomic E-state index is -0.408. The molecule has 18 heavy (non-hydrogen) atoms. The van der Waals surface area contributed by atoms with E-state index in [2.05, 4.69) is 5.32 Å². The zero-order chi connectivity index (χ0) is 13.0. The van der Waals surface area contributed by atoms with Crippen molar-refractivity contribution in [2.45, 2.75) is 25.7 Å². The van der Waals surface area contributed by atoms with Crippen LogP contribution in [0.4, 0.5) is 10.1 Å². The third-order valence-corrected chi connectivity index (χ3v) is 3.76. The summed E-state index contributed by atoms with van der Waals surface area (Å²) in [6, 6.07) is 6.12. The van der Waals surface area contributed by atoms with Crippen LogP contribution in [0.2, 0.25) is 0 Å². The SMILES string of the molecule is N#Cc1cc(F)ccc1NCC1(CO)CCCC1. The fourth-order valence-electron chi connectivity index (χ4n) is 2.56. The van der Waals surface area contributed by atoms with Crippen molar-refractivity contribution in [3.8, 4) is 6.07 Å². The van der Waals surface area contributed by atoms with Crippen LogP contribution in [0, 0.1) is 22.6 Å². The van der Waals surface area contributed by atoms with E-state index in [1.165, 1.54) is 12.1 Å². The highest BCUT2D eigenvalue weighted by Crippen LogP contribution is 2.37. The number of hydrogen-bond acceptors (Lipinski definition) is 3. The average Bonchev–Trinajstić information content (AvgIpc) is 2.86. The van der Waals surface area contributed by atoms with Crippen molar-refractivity contribution in [3.63, 3.8) is 0 Å². The molecule has 0 aliphatic heterocycles. The van der Waals surface area contributed by atoms with Gasteiger partial charge in [0.25, 0.3) is 0 Å². The molecule has 0 radical (unpaired) electrons. The summed E-state index contributed by atoms with van der Waals surface area (Å²) in [6.45, 7) is 0.785. The molecule has 0 bridgehead atoms. The van der Waals surface area contributed by atoms with Gasteiger partial charge >= 0.3 is 0 Å². The molecule has 1 aliphatic carbocycles. The third-order valence-electron chi connectivity index (χ3n) is 3.76. The highest BCUT2D eigenvalue weighted by Gasteiger charge is 2.33. The van der Waals surface area contributed by atoms with Crippen LogP contribution in [0.15, 0.2) is 18.2 Å². The molecule has 0 aromatic heterocycles. The van der Waals surface area contributed by atoms with Crippen molar-refractivity contribution >= 4 is 5.69 Å². The first kappa shape index (κ1) is 12.8. The summed E-state index contributed by atoms with van der Waals surface area (Å²) in [7, 11) is 0. The lowest BCUT2D eigenvalue weighted by Gasteiger charge is -2.27. The number of nitriles is 1. The molecule has 2 N–H and O–H groups in total. The standard InChI is InChI=1S/C14H17FN2O/c15-12-3-4-13(11(7-12)8-16)17-9-14(10-18)5-1-2-6-14/h3-4,7,17-18H,1-2,5-6,9-10H2. The molecule has 1 aromatic rings. The van der Waals surface area contributed by atoms with E-state index in [1.807, 2.05) is 6.07 Å². The maximum absolute atomic E-state index is 13.0. The molecule has 1 aromatic carbocycles. The van der Waals surface area contributed by atoms with Crippen molar-refractivity contribution in [3.05, 3.63) is 29.6 Å². The van der Waals surface area contributed by atoms with E-state index in [0.717, 1.165) is 25.7 Å². The Morgan fingerprint density at radius 2 is 2.11 bits per heavy atom. The minimum Gasteiger partial charge on any atom is -0.396 e. The van der Waals surface area contributed by atoms with E-state index in [1.54, 1.807) is 6.07 Å². The number of anilines is 1. The minimum absolute atomic E-state index is 0.0822. The zero-order valence-electron chi connectivity index (χ0n) is 10.2. The molecule has 0 saturated heterocycles. The molecule has 0 amide bonds. The topological polar surface area (TPSA) is 56.0 Å². The van der Waals surface area contributed by atoms with Gasteiger partial charge in [-0.15, -0.1) is 0 Å². The Bertz CT molecular complexity index is 461. The molecule has 96 valence electrons. The molecule has 0 spiro atoms. The normalized spacial score (nSPS) is 17.4. The van der Waals surface area contributed by atoms with E-state index < -0.39 is 5.82 Å². The van der Waals surface area contributed by atoms with Crippen LogP contribution in [0.3, 0.4) is 0 Å². The maximum Gasteiger partial charge on any atom is 0.124 e. The monoisotopic (exact) mass is 248 g/mol. The summed E-state index contributed by atoms with van der Waals surface area (Å²) in [5.41, 5.74) is 0.862. The van der Waals surface area contributed by atoms with Gasteiger partial charge in [0.2, 0.25) is 0 Å². The Morgan fingerprint density at radius 1 is 1.39 bits per heavy atom. The van der Waals surface area contributed by atoms with E-state index in [-0.39, 0.29) is 12.0 Å². The summed E-state index contributed by atoms with van der Waals surface area (Å²) in [6.07, 6.45) is 4.27.